The second kappa shape index (κ2) is 5.37. The standard InChI is InChI=1S/C12H13ClF4N2O/c1-20-11(12(15,16)17)2-4-19(5-3-11)10-8(13)6-18-7-9(10)14/h6-7H,2-5H2,1H3. The molecule has 20 heavy (non-hydrogen) atoms. The van der Waals surface area contributed by atoms with E-state index in [2.05, 4.69) is 4.98 Å². The summed E-state index contributed by atoms with van der Waals surface area (Å²) in [6.07, 6.45) is -2.74. The molecule has 1 aromatic rings. The molecule has 1 aliphatic rings. The number of piperidine rings is 1. The third-order valence-electron chi connectivity index (χ3n) is 3.62. The molecule has 0 aliphatic carbocycles. The summed E-state index contributed by atoms with van der Waals surface area (Å²) in [5, 5.41) is 0.0851. The Morgan fingerprint density at radius 3 is 2.35 bits per heavy atom. The molecule has 1 aliphatic heterocycles. The van der Waals surface area contributed by atoms with Gasteiger partial charge < -0.3 is 9.64 Å². The van der Waals surface area contributed by atoms with E-state index in [-0.39, 0.29) is 36.6 Å². The number of anilines is 1. The summed E-state index contributed by atoms with van der Waals surface area (Å²) in [6, 6.07) is 0. The van der Waals surface area contributed by atoms with Gasteiger partial charge in [-0.15, -0.1) is 0 Å². The van der Waals surface area contributed by atoms with Crippen molar-refractivity contribution < 1.29 is 22.3 Å². The second-order valence-corrected chi connectivity index (χ2v) is 5.04. The zero-order valence-electron chi connectivity index (χ0n) is 10.7. The molecule has 0 amide bonds. The number of methoxy groups -OCH3 is 1. The highest BCUT2D eigenvalue weighted by Gasteiger charge is 2.56. The minimum Gasteiger partial charge on any atom is -0.369 e. The van der Waals surface area contributed by atoms with Crippen LogP contribution in [0.15, 0.2) is 12.4 Å². The molecule has 0 saturated carbocycles. The van der Waals surface area contributed by atoms with Crippen LogP contribution >= 0.6 is 11.6 Å². The fourth-order valence-electron chi connectivity index (χ4n) is 2.40. The van der Waals surface area contributed by atoms with E-state index < -0.39 is 17.6 Å². The van der Waals surface area contributed by atoms with E-state index in [0.29, 0.717) is 0 Å². The van der Waals surface area contributed by atoms with E-state index in [4.69, 9.17) is 16.3 Å². The van der Waals surface area contributed by atoms with Crippen molar-refractivity contribution in [3.8, 4) is 0 Å². The summed E-state index contributed by atoms with van der Waals surface area (Å²) in [6.45, 7) is 0.0159. The van der Waals surface area contributed by atoms with Crippen LogP contribution in [-0.4, -0.2) is 37.0 Å². The van der Waals surface area contributed by atoms with E-state index in [1.165, 1.54) is 11.1 Å². The number of ether oxygens (including phenoxy) is 1. The van der Waals surface area contributed by atoms with Gasteiger partial charge in [-0.05, 0) is 0 Å². The molecule has 2 heterocycles. The van der Waals surface area contributed by atoms with Crippen LogP contribution < -0.4 is 4.90 Å². The molecule has 3 nitrogen and oxygen atoms in total. The molecule has 0 aromatic carbocycles. The number of alkyl halides is 3. The Morgan fingerprint density at radius 1 is 1.30 bits per heavy atom. The van der Waals surface area contributed by atoms with Gasteiger partial charge in [0.05, 0.1) is 16.9 Å². The van der Waals surface area contributed by atoms with Gasteiger partial charge in [-0.25, -0.2) is 4.39 Å². The van der Waals surface area contributed by atoms with Gasteiger partial charge in [-0.2, -0.15) is 13.2 Å². The highest BCUT2D eigenvalue weighted by atomic mass is 35.5. The van der Waals surface area contributed by atoms with Crippen molar-refractivity contribution in [3.05, 3.63) is 23.2 Å². The second-order valence-electron chi connectivity index (χ2n) is 4.63. The van der Waals surface area contributed by atoms with Crippen molar-refractivity contribution in [2.24, 2.45) is 0 Å². The quantitative estimate of drug-likeness (QED) is 0.782. The Labute approximate surface area is 118 Å². The summed E-state index contributed by atoms with van der Waals surface area (Å²) < 4.78 is 57.5. The Hall–Kier alpha value is -1.08. The van der Waals surface area contributed by atoms with E-state index in [1.54, 1.807) is 0 Å². The molecule has 1 saturated heterocycles. The van der Waals surface area contributed by atoms with Crippen LogP contribution in [0, 0.1) is 5.82 Å². The molecule has 0 spiro atoms. The third kappa shape index (κ3) is 2.56. The molecule has 0 radical (unpaired) electrons. The maximum atomic E-state index is 13.7. The molecule has 8 heteroatoms. The molecule has 112 valence electrons. The van der Waals surface area contributed by atoms with Gasteiger partial charge in [0.1, 0.15) is 0 Å². The maximum absolute atomic E-state index is 13.7. The van der Waals surface area contributed by atoms with E-state index >= 15 is 0 Å². The summed E-state index contributed by atoms with van der Waals surface area (Å²) >= 11 is 5.86. The SMILES string of the molecule is COC1(C(F)(F)F)CCN(c2c(F)cncc2Cl)CC1. The number of pyridine rings is 1. The van der Waals surface area contributed by atoms with Gasteiger partial charge in [0.25, 0.3) is 0 Å². The Bertz CT molecular complexity index is 467. The molecule has 0 N–H and O–H groups in total. The van der Waals surface area contributed by atoms with E-state index in [1.807, 2.05) is 0 Å². The summed E-state index contributed by atoms with van der Waals surface area (Å²) in [5.41, 5.74) is -2.08. The van der Waals surface area contributed by atoms with Gasteiger partial charge in [-0.3, -0.25) is 4.98 Å². The molecule has 0 atom stereocenters. The van der Waals surface area contributed by atoms with Crippen molar-refractivity contribution in [2.45, 2.75) is 24.6 Å². The lowest BCUT2D eigenvalue weighted by Gasteiger charge is -2.42. The number of hydrogen-bond donors (Lipinski definition) is 0. The first-order valence-corrected chi connectivity index (χ1v) is 6.34. The van der Waals surface area contributed by atoms with Crippen molar-refractivity contribution in [2.75, 3.05) is 25.1 Å². The Balaban J connectivity index is 2.19. The smallest absolute Gasteiger partial charge is 0.369 e. The first kappa shape index (κ1) is 15.3. The number of hydrogen-bond acceptors (Lipinski definition) is 3. The average molecular weight is 313 g/mol. The number of rotatable bonds is 2. The van der Waals surface area contributed by atoms with Crippen molar-refractivity contribution in [1.82, 2.24) is 4.98 Å². The minimum absolute atomic E-state index is 0.00794. The number of nitrogens with zero attached hydrogens (tertiary/aromatic N) is 2. The molecular formula is C12H13ClF4N2O. The van der Waals surface area contributed by atoms with Gasteiger partial charge in [-0.1, -0.05) is 11.6 Å². The molecule has 2 rings (SSSR count). The summed E-state index contributed by atoms with van der Waals surface area (Å²) in [4.78, 5) is 5.07. The van der Waals surface area contributed by atoms with E-state index in [9.17, 15) is 17.6 Å². The van der Waals surface area contributed by atoms with E-state index in [0.717, 1.165) is 13.3 Å². The number of aromatic nitrogens is 1. The van der Waals surface area contributed by atoms with Crippen LogP contribution in [-0.2, 0) is 4.74 Å². The fourth-order valence-corrected chi connectivity index (χ4v) is 2.67. The minimum atomic E-state index is -4.45. The van der Waals surface area contributed by atoms with Crippen molar-refractivity contribution >= 4 is 17.3 Å². The Morgan fingerprint density at radius 2 is 1.90 bits per heavy atom. The normalized spacial score (nSPS) is 19.2. The topological polar surface area (TPSA) is 25.4 Å². The van der Waals surface area contributed by atoms with Crippen LogP contribution in [0.3, 0.4) is 0 Å². The molecule has 0 bridgehead atoms. The molecule has 0 unspecified atom stereocenters. The van der Waals surface area contributed by atoms with Crippen LogP contribution in [0.25, 0.3) is 0 Å². The van der Waals surface area contributed by atoms with Crippen molar-refractivity contribution in [3.63, 3.8) is 0 Å². The largest absolute Gasteiger partial charge is 0.417 e. The Kier molecular flexibility index (Phi) is 4.11. The van der Waals surface area contributed by atoms with Gasteiger partial charge >= 0.3 is 6.18 Å². The zero-order chi connectivity index (χ0) is 15.0. The molecular weight excluding hydrogens is 300 g/mol. The predicted molar refractivity (Wildman–Crippen MR) is 66.4 cm³/mol. The zero-order valence-corrected chi connectivity index (χ0v) is 11.4. The highest BCUT2D eigenvalue weighted by molar-refractivity contribution is 6.33. The van der Waals surface area contributed by atoms with Gasteiger partial charge in [0.2, 0.25) is 0 Å². The van der Waals surface area contributed by atoms with Gasteiger partial charge in [0.15, 0.2) is 11.4 Å². The summed E-state index contributed by atoms with van der Waals surface area (Å²) in [7, 11) is 1.04. The van der Waals surface area contributed by atoms with Crippen molar-refractivity contribution in [1.29, 1.82) is 0 Å². The lowest BCUT2D eigenvalue weighted by Crippen LogP contribution is -2.54. The molecule has 1 aromatic heterocycles. The average Bonchev–Trinajstić information content (AvgIpc) is 2.38. The first-order chi connectivity index (χ1) is 9.31. The predicted octanol–water partition coefficient (Wildman–Crippen LogP) is 3.42. The number of halogens is 5. The van der Waals surface area contributed by atoms with Crippen LogP contribution in [0.5, 0.6) is 0 Å². The lowest BCUT2D eigenvalue weighted by atomic mass is 9.90. The molecule has 1 fully saturated rings. The first-order valence-electron chi connectivity index (χ1n) is 5.96. The van der Waals surface area contributed by atoms with Gasteiger partial charge in [0, 0.05) is 39.2 Å². The highest BCUT2D eigenvalue weighted by Crippen LogP contribution is 2.42. The fraction of sp³-hybridized carbons (Fsp3) is 0.583. The third-order valence-corrected chi connectivity index (χ3v) is 3.90. The van der Waals surface area contributed by atoms with Crippen LogP contribution in [0.2, 0.25) is 5.02 Å². The lowest BCUT2D eigenvalue weighted by molar-refractivity contribution is -0.276. The summed E-state index contributed by atoms with van der Waals surface area (Å²) in [5.74, 6) is -0.644. The van der Waals surface area contributed by atoms with Crippen LogP contribution in [0.4, 0.5) is 23.2 Å². The van der Waals surface area contributed by atoms with Crippen LogP contribution in [0.1, 0.15) is 12.8 Å². The maximum Gasteiger partial charge on any atom is 0.417 e. The monoisotopic (exact) mass is 312 g/mol.